The van der Waals surface area contributed by atoms with Crippen LogP contribution in [-0.4, -0.2) is 83.1 Å². The molecule has 0 aliphatic carbocycles. The largest absolute Gasteiger partial charge is 0.497 e. The Labute approximate surface area is 178 Å². The molecule has 0 radical (unpaired) electrons. The van der Waals surface area contributed by atoms with E-state index < -0.39 is 0 Å². The number of methoxy groups -OCH3 is 1. The maximum absolute atomic E-state index is 12.0. The van der Waals surface area contributed by atoms with Crippen LogP contribution in [0.4, 0.5) is 0 Å². The van der Waals surface area contributed by atoms with Gasteiger partial charge in [-0.1, -0.05) is 29.5 Å². The maximum atomic E-state index is 12.0. The normalized spacial score (nSPS) is 15.7. The molecule has 1 aliphatic heterocycles. The number of nitrogens with one attached hydrogen (secondary N) is 1. The minimum atomic E-state index is -0.174. The van der Waals surface area contributed by atoms with Gasteiger partial charge in [-0.25, -0.2) is 0 Å². The molecule has 162 valence electrons. The lowest BCUT2D eigenvalue weighted by Gasteiger charge is -2.34. The van der Waals surface area contributed by atoms with Crippen molar-refractivity contribution in [1.82, 2.24) is 30.1 Å². The summed E-state index contributed by atoms with van der Waals surface area (Å²) >= 11 is 0. The lowest BCUT2D eigenvalue weighted by molar-refractivity contribution is 0.0938. The van der Waals surface area contributed by atoms with Gasteiger partial charge in [0.1, 0.15) is 5.75 Å². The van der Waals surface area contributed by atoms with E-state index in [-0.39, 0.29) is 11.9 Å². The molecule has 3 rings (SSSR count). The molecule has 0 bridgehead atoms. The van der Waals surface area contributed by atoms with Gasteiger partial charge < -0.3 is 10.1 Å². The van der Waals surface area contributed by atoms with E-state index in [1.54, 1.807) is 18.0 Å². The summed E-state index contributed by atoms with van der Waals surface area (Å²) in [6, 6.07) is 8.18. The van der Waals surface area contributed by atoms with Crippen molar-refractivity contribution >= 4 is 12.0 Å². The molecule has 1 aliphatic rings. The van der Waals surface area contributed by atoms with Crippen LogP contribution in [0.5, 0.6) is 5.75 Å². The van der Waals surface area contributed by atoms with Gasteiger partial charge in [0.2, 0.25) is 0 Å². The first-order valence-corrected chi connectivity index (χ1v) is 10.5. The Bertz CT molecular complexity index is 822. The van der Waals surface area contributed by atoms with Crippen molar-refractivity contribution in [2.45, 2.75) is 26.4 Å². The molecule has 0 saturated carbocycles. The summed E-state index contributed by atoms with van der Waals surface area (Å²) in [6.07, 6.45) is 6.10. The number of piperazine rings is 1. The maximum Gasteiger partial charge on any atom is 0.273 e. The van der Waals surface area contributed by atoms with Gasteiger partial charge in [0.25, 0.3) is 5.91 Å². The van der Waals surface area contributed by atoms with Gasteiger partial charge in [0, 0.05) is 45.3 Å². The third-order valence-corrected chi connectivity index (χ3v) is 5.09. The molecule has 1 amide bonds. The van der Waals surface area contributed by atoms with Crippen LogP contribution in [0.25, 0.3) is 6.08 Å². The average molecular weight is 413 g/mol. The van der Waals surface area contributed by atoms with E-state index in [2.05, 4.69) is 49.7 Å². The summed E-state index contributed by atoms with van der Waals surface area (Å²) in [4.78, 5) is 16.9. The first-order chi connectivity index (χ1) is 14.5. The molecule has 1 saturated heterocycles. The Morgan fingerprint density at radius 3 is 2.50 bits per heavy atom. The third-order valence-electron chi connectivity index (χ3n) is 5.09. The molecule has 30 heavy (non-hydrogen) atoms. The number of hydrogen-bond donors (Lipinski definition) is 1. The van der Waals surface area contributed by atoms with Gasteiger partial charge in [0.05, 0.1) is 19.9 Å². The summed E-state index contributed by atoms with van der Waals surface area (Å²) in [5.74, 6) is 0.705. The molecule has 8 heteroatoms. The lowest BCUT2D eigenvalue weighted by Crippen LogP contribution is -2.47. The Morgan fingerprint density at radius 2 is 1.83 bits per heavy atom. The minimum absolute atomic E-state index is 0.0880. The number of benzene rings is 1. The molecule has 1 N–H and O–H groups in total. The molecule has 2 heterocycles. The zero-order chi connectivity index (χ0) is 21.3. The number of hydrogen-bond acceptors (Lipinski definition) is 6. The fourth-order valence-electron chi connectivity index (χ4n) is 3.34. The standard InChI is InChI=1S/C22H32N6O2/c1-18(2)23-22(29)21-17-28(25-24-21)16-15-27-13-11-26(12-14-27)10-4-5-19-6-8-20(30-3)9-7-19/h4-9,17-18H,10-16H2,1-3H3,(H,23,29). The van der Waals surface area contributed by atoms with Gasteiger partial charge in [0.15, 0.2) is 5.69 Å². The van der Waals surface area contributed by atoms with Crippen molar-refractivity contribution in [3.05, 3.63) is 47.8 Å². The number of carbonyl (C=O) groups is 1. The number of aromatic nitrogens is 3. The molecule has 1 aromatic heterocycles. The summed E-state index contributed by atoms with van der Waals surface area (Å²) in [7, 11) is 1.68. The highest BCUT2D eigenvalue weighted by Crippen LogP contribution is 2.12. The van der Waals surface area contributed by atoms with Crippen LogP contribution in [0.3, 0.4) is 0 Å². The van der Waals surface area contributed by atoms with E-state index in [1.165, 1.54) is 5.56 Å². The van der Waals surface area contributed by atoms with E-state index in [0.29, 0.717) is 5.69 Å². The average Bonchev–Trinajstić information content (AvgIpc) is 3.22. The Kier molecular flexibility index (Phi) is 7.98. The van der Waals surface area contributed by atoms with Crippen molar-refractivity contribution in [2.24, 2.45) is 0 Å². The van der Waals surface area contributed by atoms with Crippen LogP contribution in [0.2, 0.25) is 0 Å². The third kappa shape index (κ3) is 6.67. The fraction of sp³-hybridized carbons (Fsp3) is 0.500. The number of ether oxygens (including phenoxy) is 1. The quantitative estimate of drug-likeness (QED) is 0.676. The molecule has 0 atom stereocenters. The summed E-state index contributed by atoms with van der Waals surface area (Å²) in [6.45, 7) is 10.6. The molecule has 0 spiro atoms. The second kappa shape index (κ2) is 10.9. The van der Waals surface area contributed by atoms with Crippen LogP contribution in [0.15, 0.2) is 36.5 Å². The summed E-state index contributed by atoms with van der Waals surface area (Å²) in [5.41, 5.74) is 1.56. The van der Waals surface area contributed by atoms with E-state index in [1.807, 2.05) is 26.0 Å². The summed E-state index contributed by atoms with van der Waals surface area (Å²) in [5, 5.41) is 10.9. The Balaban J connectivity index is 1.36. The lowest BCUT2D eigenvalue weighted by atomic mass is 10.2. The highest BCUT2D eigenvalue weighted by molar-refractivity contribution is 5.91. The van der Waals surface area contributed by atoms with Crippen LogP contribution in [0, 0.1) is 0 Å². The first-order valence-electron chi connectivity index (χ1n) is 10.5. The van der Waals surface area contributed by atoms with E-state index >= 15 is 0 Å². The highest BCUT2D eigenvalue weighted by atomic mass is 16.5. The van der Waals surface area contributed by atoms with Crippen molar-refractivity contribution in [2.75, 3.05) is 46.4 Å². The molecule has 1 fully saturated rings. The van der Waals surface area contributed by atoms with E-state index in [0.717, 1.165) is 51.6 Å². The molecular formula is C22H32N6O2. The second-order valence-electron chi connectivity index (χ2n) is 7.81. The van der Waals surface area contributed by atoms with Gasteiger partial charge in [-0.3, -0.25) is 19.3 Å². The van der Waals surface area contributed by atoms with Gasteiger partial charge in [-0.05, 0) is 31.5 Å². The fourth-order valence-corrected chi connectivity index (χ4v) is 3.34. The van der Waals surface area contributed by atoms with Crippen LogP contribution in [0.1, 0.15) is 29.9 Å². The zero-order valence-electron chi connectivity index (χ0n) is 18.1. The SMILES string of the molecule is COc1ccc(C=CCN2CCN(CCn3cc(C(=O)NC(C)C)nn3)CC2)cc1. The van der Waals surface area contributed by atoms with Crippen molar-refractivity contribution < 1.29 is 9.53 Å². The van der Waals surface area contributed by atoms with Crippen LogP contribution >= 0.6 is 0 Å². The Hall–Kier alpha value is -2.71. The molecule has 0 unspecified atom stereocenters. The molecule has 1 aromatic carbocycles. The van der Waals surface area contributed by atoms with Crippen LogP contribution in [-0.2, 0) is 6.54 Å². The number of amides is 1. The molecule has 2 aromatic rings. The highest BCUT2D eigenvalue weighted by Gasteiger charge is 2.16. The molecule has 8 nitrogen and oxygen atoms in total. The van der Waals surface area contributed by atoms with Crippen LogP contribution < -0.4 is 10.1 Å². The minimum Gasteiger partial charge on any atom is -0.497 e. The zero-order valence-corrected chi connectivity index (χ0v) is 18.1. The first kappa shape index (κ1) is 22.0. The van der Waals surface area contributed by atoms with Crippen molar-refractivity contribution in [3.63, 3.8) is 0 Å². The second-order valence-corrected chi connectivity index (χ2v) is 7.81. The van der Waals surface area contributed by atoms with Crippen molar-refractivity contribution in [3.8, 4) is 5.75 Å². The monoisotopic (exact) mass is 412 g/mol. The number of rotatable bonds is 9. The van der Waals surface area contributed by atoms with Gasteiger partial charge >= 0.3 is 0 Å². The molecular weight excluding hydrogens is 380 g/mol. The van der Waals surface area contributed by atoms with Crippen molar-refractivity contribution in [1.29, 1.82) is 0 Å². The smallest absolute Gasteiger partial charge is 0.273 e. The number of carbonyl (C=O) groups excluding carboxylic acids is 1. The summed E-state index contributed by atoms with van der Waals surface area (Å²) < 4.78 is 6.94. The predicted octanol–water partition coefficient (Wildman–Crippen LogP) is 1.76. The van der Waals surface area contributed by atoms with Gasteiger partial charge in [-0.15, -0.1) is 5.10 Å². The Morgan fingerprint density at radius 1 is 1.13 bits per heavy atom. The predicted molar refractivity (Wildman–Crippen MR) is 118 cm³/mol. The topological polar surface area (TPSA) is 75.5 Å². The van der Waals surface area contributed by atoms with E-state index in [4.69, 9.17) is 4.74 Å². The van der Waals surface area contributed by atoms with E-state index in [9.17, 15) is 4.79 Å². The van der Waals surface area contributed by atoms with Gasteiger partial charge in [-0.2, -0.15) is 0 Å². The number of nitrogens with zero attached hydrogens (tertiary/aromatic N) is 5.